The molecule has 0 aliphatic rings. The number of aliphatic hydroxyl groups excluding tert-OH is 1. The summed E-state index contributed by atoms with van der Waals surface area (Å²) in [4.78, 5) is 5.55. The molecule has 1 atom stereocenters. The predicted molar refractivity (Wildman–Crippen MR) is 74.9 cm³/mol. The number of hydrogen-bond acceptors (Lipinski definition) is 3. The first kappa shape index (κ1) is 13.1. The lowest BCUT2D eigenvalue weighted by atomic mass is 10.2. The summed E-state index contributed by atoms with van der Waals surface area (Å²) >= 11 is 1.64. The summed E-state index contributed by atoms with van der Waals surface area (Å²) in [5, 5.41) is 10.5. The average Bonchev–Trinajstić information content (AvgIpc) is 2.34. The molecule has 94 valence electrons. The zero-order valence-corrected chi connectivity index (χ0v) is 11.7. The Hall–Kier alpha value is -1.32. The molecular formula is C15H17NOS. The summed E-state index contributed by atoms with van der Waals surface area (Å²) in [5.41, 5.74) is 3.39. The van der Waals surface area contributed by atoms with Crippen LogP contribution in [0.1, 0.15) is 29.7 Å². The fourth-order valence-electron chi connectivity index (χ4n) is 1.67. The van der Waals surface area contributed by atoms with Gasteiger partial charge in [0.05, 0.1) is 6.10 Å². The SMILES string of the molecule is Cc1ccc(C)c(Sc2cc(C(C)O)ccn2)c1. The van der Waals surface area contributed by atoms with E-state index in [-0.39, 0.29) is 0 Å². The van der Waals surface area contributed by atoms with E-state index < -0.39 is 6.10 Å². The van der Waals surface area contributed by atoms with E-state index in [1.807, 2.05) is 12.1 Å². The second-order valence-corrected chi connectivity index (χ2v) is 5.54. The van der Waals surface area contributed by atoms with Crippen LogP contribution in [-0.2, 0) is 0 Å². The number of nitrogens with zero attached hydrogens (tertiary/aromatic N) is 1. The van der Waals surface area contributed by atoms with E-state index in [9.17, 15) is 5.11 Å². The van der Waals surface area contributed by atoms with Crippen LogP contribution in [-0.4, -0.2) is 10.1 Å². The second-order valence-electron chi connectivity index (χ2n) is 4.47. The summed E-state index contributed by atoms with van der Waals surface area (Å²) < 4.78 is 0. The van der Waals surface area contributed by atoms with Gasteiger partial charge in [-0.2, -0.15) is 0 Å². The zero-order valence-electron chi connectivity index (χ0n) is 10.8. The number of aromatic nitrogens is 1. The van der Waals surface area contributed by atoms with Gasteiger partial charge in [0.1, 0.15) is 5.03 Å². The highest BCUT2D eigenvalue weighted by molar-refractivity contribution is 7.99. The third kappa shape index (κ3) is 3.12. The van der Waals surface area contributed by atoms with Crippen molar-refractivity contribution in [3.05, 3.63) is 53.2 Å². The lowest BCUT2D eigenvalue weighted by Crippen LogP contribution is -1.92. The van der Waals surface area contributed by atoms with Gasteiger partial charge in [-0.1, -0.05) is 23.9 Å². The van der Waals surface area contributed by atoms with E-state index >= 15 is 0 Å². The molecule has 1 heterocycles. The van der Waals surface area contributed by atoms with Gasteiger partial charge in [0.25, 0.3) is 0 Å². The number of hydrogen-bond donors (Lipinski definition) is 1. The van der Waals surface area contributed by atoms with Gasteiger partial charge in [0, 0.05) is 11.1 Å². The monoisotopic (exact) mass is 259 g/mol. The molecule has 0 amide bonds. The highest BCUT2D eigenvalue weighted by atomic mass is 32.2. The Morgan fingerprint density at radius 2 is 1.94 bits per heavy atom. The maximum atomic E-state index is 9.58. The minimum absolute atomic E-state index is 0.453. The van der Waals surface area contributed by atoms with Crippen molar-refractivity contribution in [1.82, 2.24) is 4.98 Å². The van der Waals surface area contributed by atoms with Crippen LogP contribution in [0.2, 0.25) is 0 Å². The number of benzene rings is 1. The van der Waals surface area contributed by atoms with Crippen molar-refractivity contribution in [3.63, 3.8) is 0 Å². The molecule has 2 nitrogen and oxygen atoms in total. The molecule has 0 bridgehead atoms. The third-order valence-corrected chi connectivity index (χ3v) is 3.89. The fourth-order valence-corrected chi connectivity index (χ4v) is 2.68. The molecule has 3 heteroatoms. The molecule has 1 N–H and O–H groups in total. The van der Waals surface area contributed by atoms with Gasteiger partial charge in [-0.15, -0.1) is 0 Å². The molecule has 1 unspecified atom stereocenters. The van der Waals surface area contributed by atoms with Crippen LogP contribution in [0.5, 0.6) is 0 Å². The van der Waals surface area contributed by atoms with Crippen LogP contribution in [0.25, 0.3) is 0 Å². The van der Waals surface area contributed by atoms with E-state index in [1.54, 1.807) is 24.9 Å². The Labute approximate surface area is 112 Å². The van der Waals surface area contributed by atoms with Gasteiger partial charge in [0.2, 0.25) is 0 Å². The molecule has 0 radical (unpaired) electrons. The molecule has 2 rings (SSSR count). The fraction of sp³-hybridized carbons (Fsp3) is 0.267. The number of aliphatic hydroxyl groups is 1. The van der Waals surface area contributed by atoms with Gasteiger partial charge < -0.3 is 5.11 Å². The summed E-state index contributed by atoms with van der Waals surface area (Å²) in [6.07, 6.45) is 1.29. The highest BCUT2D eigenvalue weighted by Crippen LogP contribution is 2.30. The molecule has 0 saturated carbocycles. The zero-order chi connectivity index (χ0) is 13.1. The van der Waals surface area contributed by atoms with Gasteiger partial charge >= 0.3 is 0 Å². The normalized spacial score (nSPS) is 12.4. The van der Waals surface area contributed by atoms with Crippen molar-refractivity contribution in [1.29, 1.82) is 0 Å². The lowest BCUT2D eigenvalue weighted by Gasteiger charge is -2.08. The van der Waals surface area contributed by atoms with Crippen LogP contribution in [0.15, 0.2) is 46.5 Å². The molecule has 0 aliphatic heterocycles. The first-order valence-electron chi connectivity index (χ1n) is 5.95. The maximum Gasteiger partial charge on any atom is 0.101 e. The Balaban J connectivity index is 2.28. The molecule has 0 spiro atoms. The van der Waals surface area contributed by atoms with Crippen molar-refractivity contribution >= 4 is 11.8 Å². The molecule has 0 saturated heterocycles. The molecule has 1 aromatic heterocycles. The standard InChI is InChI=1S/C15H17NOS/c1-10-4-5-11(2)14(8-10)18-15-9-13(12(3)17)6-7-16-15/h4-9,12,17H,1-3H3. The summed E-state index contributed by atoms with van der Waals surface area (Å²) in [7, 11) is 0. The third-order valence-electron chi connectivity index (χ3n) is 2.80. The predicted octanol–water partition coefficient (Wildman–Crippen LogP) is 3.90. The maximum absolute atomic E-state index is 9.58. The van der Waals surface area contributed by atoms with Crippen molar-refractivity contribution in [2.45, 2.75) is 36.8 Å². The van der Waals surface area contributed by atoms with Crippen LogP contribution in [0.4, 0.5) is 0 Å². The minimum atomic E-state index is -0.453. The van der Waals surface area contributed by atoms with E-state index in [0.717, 1.165) is 10.6 Å². The van der Waals surface area contributed by atoms with Crippen LogP contribution >= 0.6 is 11.8 Å². The summed E-state index contributed by atoms with van der Waals surface area (Å²) in [6, 6.07) is 10.2. The van der Waals surface area contributed by atoms with E-state index in [1.165, 1.54) is 16.0 Å². The molecular weight excluding hydrogens is 242 g/mol. The van der Waals surface area contributed by atoms with Gasteiger partial charge in [-0.3, -0.25) is 0 Å². The smallest absolute Gasteiger partial charge is 0.101 e. The number of aryl methyl sites for hydroxylation is 2. The Morgan fingerprint density at radius 1 is 1.17 bits per heavy atom. The van der Waals surface area contributed by atoms with Crippen molar-refractivity contribution in [2.75, 3.05) is 0 Å². The molecule has 0 fully saturated rings. The summed E-state index contributed by atoms with van der Waals surface area (Å²) in [6.45, 7) is 5.95. The lowest BCUT2D eigenvalue weighted by molar-refractivity contribution is 0.199. The molecule has 1 aromatic carbocycles. The Bertz CT molecular complexity index is 552. The Kier molecular flexibility index (Phi) is 4.04. The quantitative estimate of drug-likeness (QED) is 0.907. The average molecular weight is 259 g/mol. The minimum Gasteiger partial charge on any atom is -0.389 e. The van der Waals surface area contributed by atoms with Crippen LogP contribution in [0, 0.1) is 13.8 Å². The Morgan fingerprint density at radius 3 is 2.67 bits per heavy atom. The largest absolute Gasteiger partial charge is 0.389 e. The molecule has 2 aromatic rings. The van der Waals surface area contributed by atoms with Crippen molar-refractivity contribution < 1.29 is 5.11 Å². The number of rotatable bonds is 3. The summed E-state index contributed by atoms with van der Waals surface area (Å²) in [5.74, 6) is 0. The van der Waals surface area contributed by atoms with Gasteiger partial charge in [-0.25, -0.2) is 4.98 Å². The first-order valence-corrected chi connectivity index (χ1v) is 6.77. The highest BCUT2D eigenvalue weighted by Gasteiger charge is 2.06. The van der Waals surface area contributed by atoms with Crippen LogP contribution in [0.3, 0.4) is 0 Å². The van der Waals surface area contributed by atoms with Crippen LogP contribution < -0.4 is 0 Å². The topological polar surface area (TPSA) is 33.1 Å². The van der Waals surface area contributed by atoms with E-state index in [0.29, 0.717) is 0 Å². The first-order chi connectivity index (χ1) is 8.56. The van der Waals surface area contributed by atoms with Gasteiger partial charge in [-0.05, 0) is 55.7 Å². The van der Waals surface area contributed by atoms with Gasteiger partial charge in [0.15, 0.2) is 0 Å². The van der Waals surface area contributed by atoms with Crippen molar-refractivity contribution in [2.24, 2.45) is 0 Å². The molecule has 0 aliphatic carbocycles. The van der Waals surface area contributed by atoms with Crippen molar-refractivity contribution in [3.8, 4) is 0 Å². The second kappa shape index (κ2) is 5.55. The van der Waals surface area contributed by atoms with E-state index in [2.05, 4.69) is 37.0 Å². The van der Waals surface area contributed by atoms with E-state index in [4.69, 9.17) is 0 Å². The molecule has 18 heavy (non-hydrogen) atoms. The number of pyridine rings is 1.